The molecule has 4 nitrogen and oxygen atoms in total. The van der Waals surface area contributed by atoms with Gasteiger partial charge in [0.25, 0.3) is 0 Å². The van der Waals surface area contributed by atoms with E-state index in [1.807, 2.05) is 29.7 Å². The van der Waals surface area contributed by atoms with Gasteiger partial charge in [0.1, 0.15) is 6.07 Å². The van der Waals surface area contributed by atoms with Crippen molar-refractivity contribution in [3.05, 3.63) is 45.0 Å². The van der Waals surface area contributed by atoms with Gasteiger partial charge in [-0.15, -0.1) is 11.3 Å². The van der Waals surface area contributed by atoms with Crippen molar-refractivity contribution in [2.45, 2.75) is 0 Å². The second kappa shape index (κ2) is 4.96. The van der Waals surface area contributed by atoms with Crippen LogP contribution in [0.15, 0.2) is 34.2 Å². The molecule has 92 valence electrons. The molecule has 0 bridgehead atoms. The molecule has 0 saturated carbocycles. The Balaban J connectivity index is 2.10. The summed E-state index contributed by atoms with van der Waals surface area (Å²) >= 11 is 4.93. The lowest BCUT2D eigenvalue weighted by Gasteiger charge is -1.91. The summed E-state index contributed by atoms with van der Waals surface area (Å²) < 4.78 is 0.871. The smallest absolute Gasteiger partial charge is 0.178 e. The van der Waals surface area contributed by atoms with Crippen molar-refractivity contribution in [3.63, 3.8) is 0 Å². The molecule has 3 aromatic heterocycles. The number of halogens is 1. The Morgan fingerprint density at radius 3 is 3.16 bits per heavy atom. The van der Waals surface area contributed by atoms with Gasteiger partial charge in [-0.2, -0.15) is 5.26 Å². The highest BCUT2D eigenvalue weighted by atomic mass is 79.9. The lowest BCUT2D eigenvalue weighted by Crippen LogP contribution is -1.83. The maximum atomic E-state index is 9.25. The highest BCUT2D eigenvalue weighted by Gasteiger charge is 2.09. The number of rotatable bonds is 2. The zero-order valence-electron chi connectivity index (χ0n) is 9.59. The standard InChI is InChI=1S/C13H7BrN4S/c14-9-5-11-13(16-7-9)18-12(17-11)8(6-15)4-10-2-1-3-19-10/h1-5,7H,(H,16,17,18). The predicted molar refractivity (Wildman–Crippen MR) is 79.4 cm³/mol. The normalized spacial score (nSPS) is 11.7. The van der Waals surface area contributed by atoms with E-state index in [0.29, 0.717) is 17.0 Å². The minimum atomic E-state index is 0.497. The highest BCUT2D eigenvalue weighted by molar-refractivity contribution is 9.10. The van der Waals surface area contributed by atoms with E-state index in [1.54, 1.807) is 17.5 Å². The van der Waals surface area contributed by atoms with Crippen molar-refractivity contribution in [3.8, 4) is 6.07 Å². The van der Waals surface area contributed by atoms with Crippen LogP contribution in [0.4, 0.5) is 0 Å². The molecule has 0 aliphatic carbocycles. The number of imidazole rings is 1. The average Bonchev–Trinajstić information content (AvgIpc) is 3.03. The van der Waals surface area contributed by atoms with Gasteiger partial charge in [-0.3, -0.25) is 0 Å². The first kappa shape index (κ1) is 12.1. The summed E-state index contributed by atoms with van der Waals surface area (Å²) in [6.45, 7) is 0. The number of nitrogens with one attached hydrogen (secondary N) is 1. The van der Waals surface area contributed by atoms with Crippen molar-refractivity contribution in [2.75, 3.05) is 0 Å². The Kier molecular flexibility index (Phi) is 3.15. The molecule has 0 atom stereocenters. The van der Waals surface area contributed by atoms with Gasteiger partial charge in [0.15, 0.2) is 11.5 Å². The summed E-state index contributed by atoms with van der Waals surface area (Å²) in [5, 5.41) is 11.2. The molecule has 3 heterocycles. The maximum Gasteiger partial charge on any atom is 0.178 e. The van der Waals surface area contributed by atoms with E-state index in [0.717, 1.165) is 14.9 Å². The molecule has 1 N–H and O–H groups in total. The van der Waals surface area contributed by atoms with E-state index < -0.39 is 0 Å². The number of hydrogen-bond donors (Lipinski definition) is 1. The van der Waals surface area contributed by atoms with Crippen LogP contribution in [-0.2, 0) is 0 Å². The minimum absolute atomic E-state index is 0.497. The van der Waals surface area contributed by atoms with Crippen molar-refractivity contribution >= 4 is 50.1 Å². The molecule has 0 saturated heterocycles. The van der Waals surface area contributed by atoms with E-state index in [1.165, 1.54) is 0 Å². The van der Waals surface area contributed by atoms with E-state index in [-0.39, 0.29) is 0 Å². The first-order valence-corrected chi connectivity index (χ1v) is 7.10. The fraction of sp³-hybridized carbons (Fsp3) is 0. The first-order chi connectivity index (χ1) is 9.26. The third kappa shape index (κ3) is 2.43. The molecule has 19 heavy (non-hydrogen) atoms. The van der Waals surface area contributed by atoms with Crippen LogP contribution in [0.1, 0.15) is 10.7 Å². The molecular formula is C13H7BrN4S. The van der Waals surface area contributed by atoms with E-state index in [2.05, 4.69) is 37.0 Å². The summed E-state index contributed by atoms with van der Waals surface area (Å²) in [6, 6.07) is 7.96. The predicted octanol–water partition coefficient (Wildman–Crippen LogP) is 3.85. The third-order valence-electron chi connectivity index (χ3n) is 2.51. The molecule has 0 aliphatic heterocycles. The molecule has 0 radical (unpaired) electrons. The Bertz CT molecular complexity index is 796. The number of thiophene rings is 1. The van der Waals surface area contributed by atoms with Crippen molar-refractivity contribution in [1.29, 1.82) is 5.26 Å². The van der Waals surface area contributed by atoms with Crippen LogP contribution in [-0.4, -0.2) is 15.0 Å². The van der Waals surface area contributed by atoms with Gasteiger partial charge in [0.2, 0.25) is 0 Å². The molecule has 0 aliphatic rings. The van der Waals surface area contributed by atoms with E-state index in [4.69, 9.17) is 0 Å². The number of H-pyrrole nitrogens is 1. The number of fused-ring (bicyclic) bond motifs is 1. The summed E-state index contributed by atoms with van der Waals surface area (Å²) in [5.41, 5.74) is 1.90. The van der Waals surface area contributed by atoms with Crippen LogP contribution in [0.2, 0.25) is 0 Å². The topological polar surface area (TPSA) is 65.4 Å². The molecule has 0 spiro atoms. The SMILES string of the molecule is N#CC(=Cc1cccs1)c1nc2ncc(Br)cc2[nH]1. The van der Waals surface area contributed by atoms with Gasteiger partial charge in [-0.05, 0) is 39.5 Å². The zero-order chi connectivity index (χ0) is 13.2. The van der Waals surface area contributed by atoms with Crippen molar-refractivity contribution < 1.29 is 0 Å². The van der Waals surface area contributed by atoms with Gasteiger partial charge < -0.3 is 4.98 Å². The van der Waals surface area contributed by atoms with Gasteiger partial charge in [0, 0.05) is 15.5 Å². The van der Waals surface area contributed by atoms with Gasteiger partial charge in [-0.25, -0.2) is 9.97 Å². The molecule has 6 heteroatoms. The van der Waals surface area contributed by atoms with Crippen LogP contribution in [0.5, 0.6) is 0 Å². The number of aromatic nitrogens is 3. The molecular weight excluding hydrogens is 324 g/mol. The van der Waals surface area contributed by atoms with Crippen LogP contribution >= 0.6 is 27.3 Å². The number of nitriles is 1. The largest absolute Gasteiger partial charge is 0.336 e. The molecule has 0 aromatic carbocycles. The molecule has 0 unspecified atom stereocenters. The summed E-state index contributed by atoms with van der Waals surface area (Å²) in [7, 11) is 0. The Morgan fingerprint density at radius 2 is 2.42 bits per heavy atom. The second-order valence-corrected chi connectivity index (χ2v) is 5.69. The molecule has 0 amide bonds. The number of allylic oxidation sites excluding steroid dienone is 1. The van der Waals surface area contributed by atoms with Crippen LogP contribution in [0.3, 0.4) is 0 Å². The number of pyridine rings is 1. The number of hydrogen-bond acceptors (Lipinski definition) is 4. The monoisotopic (exact) mass is 330 g/mol. The van der Waals surface area contributed by atoms with Crippen molar-refractivity contribution in [2.24, 2.45) is 0 Å². The van der Waals surface area contributed by atoms with E-state index in [9.17, 15) is 5.26 Å². The number of aromatic amines is 1. The van der Waals surface area contributed by atoms with Gasteiger partial charge in [-0.1, -0.05) is 6.07 Å². The third-order valence-corrected chi connectivity index (χ3v) is 3.76. The van der Waals surface area contributed by atoms with Gasteiger partial charge >= 0.3 is 0 Å². The molecule has 0 fully saturated rings. The Hall–Kier alpha value is -1.97. The summed E-state index contributed by atoms with van der Waals surface area (Å²) in [5.74, 6) is 0.538. The lowest BCUT2D eigenvalue weighted by molar-refractivity contribution is 1.25. The molecule has 3 aromatic rings. The van der Waals surface area contributed by atoms with E-state index >= 15 is 0 Å². The zero-order valence-corrected chi connectivity index (χ0v) is 12.0. The highest BCUT2D eigenvalue weighted by Crippen LogP contribution is 2.21. The van der Waals surface area contributed by atoms with Crippen LogP contribution in [0, 0.1) is 11.3 Å². The van der Waals surface area contributed by atoms with Gasteiger partial charge in [0.05, 0.1) is 11.1 Å². The fourth-order valence-electron chi connectivity index (χ4n) is 1.67. The minimum Gasteiger partial charge on any atom is -0.336 e. The fourth-order valence-corrected chi connectivity index (χ4v) is 2.66. The molecule has 3 rings (SSSR count). The summed E-state index contributed by atoms with van der Waals surface area (Å²) in [6.07, 6.45) is 3.50. The maximum absolute atomic E-state index is 9.25. The quantitative estimate of drug-likeness (QED) is 0.726. The van der Waals surface area contributed by atoms with Crippen LogP contribution in [0.25, 0.3) is 22.8 Å². The average molecular weight is 331 g/mol. The Labute approximate surface area is 121 Å². The summed E-state index contributed by atoms with van der Waals surface area (Å²) in [4.78, 5) is 12.7. The number of nitrogens with zero attached hydrogens (tertiary/aromatic N) is 3. The lowest BCUT2D eigenvalue weighted by atomic mass is 10.2. The first-order valence-electron chi connectivity index (χ1n) is 5.43. The second-order valence-electron chi connectivity index (χ2n) is 3.80. The van der Waals surface area contributed by atoms with Crippen LogP contribution < -0.4 is 0 Å². The van der Waals surface area contributed by atoms with Crippen molar-refractivity contribution in [1.82, 2.24) is 15.0 Å². The Morgan fingerprint density at radius 1 is 1.53 bits per heavy atom.